The van der Waals surface area contributed by atoms with Gasteiger partial charge in [-0.05, 0) is 32.1 Å². The third-order valence-corrected chi connectivity index (χ3v) is 4.02. The van der Waals surface area contributed by atoms with E-state index in [4.69, 9.17) is 4.74 Å². The van der Waals surface area contributed by atoms with Crippen LogP contribution < -0.4 is 5.32 Å². The van der Waals surface area contributed by atoms with E-state index in [9.17, 15) is 5.11 Å². The lowest BCUT2D eigenvalue weighted by Crippen LogP contribution is -2.43. The summed E-state index contributed by atoms with van der Waals surface area (Å²) in [7, 11) is 1.76. The Morgan fingerprint density at radius 2 is 1.95 bits per heavy atom. The number of ether oxygens (including phenoxy) is 1. The number of nitrogens with one attached hydrogen (secondary N) is 1. The molecule has 2 atom stereocenters. The molecule has 1 aliphatic carbocycles. The molecular weight excluding hydrogens is 240 g/mol. The molecule has 19 heavy (non-hydrogen) atoms. The molecule has 0 bridgehead atoms. The van der Waals surface area contributed by atoms with Gasteiger partial charge in [0.1, 0.15) is 0 Å². The Bertz CT molecular complexity index is 232. The molecule has 2 unspecified atom stereocenters. The van der Waals surface area contributed by atoms with Crippen molar-refractivity contribution in [2.45, 2.75) is 58.2 Å². The maximum Gasteiger partial charge on any atom is 0.0589 e. The lowest BCUT2D eigenvalue weighted by atomic mass is 10.1. The Kier molecular flexibility index (Phi) is 7.91. The Morgan fingerprint density at radius 3 is 2.42 bits per heavy atom. The summed E-state index contributed by atoms with van der Waals surface area (Å²) in [5.74, 6) is 0.877. The Balaban J connectivity index is 2.37. The summed E-state index contributed by atoms with van der Waals surface area (Å²) in [6, 6.07) is 1.27. The van der Waals surface area contributed by atoms with Crippen LogP contribution in [0, 0.1) is 5.92 Å². The SMILES string of the molecule is COCCN(CCC(CO)NC(C)C)C(C)C1CC1. The second kappa shape index (κ2) is 8.90. The molecule has 0 amide bonds. The normalized spacial score (nSPS) is 19.1. The van der Waals surface area contributed by atoms with Crippen LogP contribution in [0.2, 0.25) is 0 Å². The third kappa shape index (κ3) is 6.70. The number of hydrogen-bond donors (Lipinski definition) is 2. The van der Waals surface area contributed by atoms with E-state index >= 15 is 0 Å². The minimum absolute atomic E-state index is 0.205. The van der Waals surface area contributed by atoms with Crippen LogP contribution >= 0.6 is 0 Å². The molecule has 114 valence electrons. The summed E-state index contributed by atoms with van der Waals surface area (Å²) in [6.07, 6.45) is 3.74. The van der Waals surface area contributed by atoms with Crippen molar-refractivity contribution in [1.29, 1.82) is 0 Å². The molecule has 4 nitrogen and oxygen atoms in total. The first kappa shape index (κ1) is 16.9. The van der Waals surface area contributed by atoms with Gasteiger partial charge in [0.05, 0.1) is 13.2 Å². The molecule has 0 aromatic heterocycles. The summed E-state index contributed by atoms with van der Waals surface area (Å²) < 4.78 is 5.21. The van der Waals surface area contributed by atoms with Gasteiger partial charge in [-0.15, -0.1) is 0 Å². The van der Waals surface area contributed by atoms with Crippen molar-refractivity contribution in [2.24, 2.45) is 5.92 Å². The quantitative estimate of drug-likeness (QED) is 0.598. The zero-order chi connectivity index (χ0) is 14.3. The zero-order valence-corrected chi connectivity index (χ0v) is 13.1. The molecule has 0 aliphatic heterocycles. The van der Waals surface area contributed by atoms with Crippen molar-refractivity contribution in [3.63, 3.8) is 0 Å². The molecular formula is C15H32N2O2. The number of hydrogen-bond acceptors (Lipinski definition) is 4. The number of methoxy groups -OCH3 is 1. The van der Waals surface area contributed by atoms with E-state index in [1.165, 1.54) is 12.8 Å². The Labute approximate surface area is 118 Å². The van der Waals surface area contributed by atoms with E-state index in [1.807, 2.05) is 0 Å². The van der Waals surface area contributed by atoms with E-state index in [2.05, 4.69) is 31.0 Å². The van der Waals surface area contributed by atoms with Crippen molar-refractivity contribution in [1.82, 2.24) is 10.2 Å². The van der Waals surface area contributed by atoms with Crippen molar-refractivity contribution in [3.8, 4) is 0 Å². The minimum atomic E-state index is 0.205. The van der Waals surface area contributed by atoms with Crippen LogP contribution in [0.4, 0.5) is 0 Å². The number of aliphatic hydroxyl groups is 1. The average molecular weight is 272 g/mol. The number of rotatable bonds is 11. The largest absolute Gasteiger partial charge is 0.395 e. The maximum atomic E-state index is 9.42. The molecule has 1 rings (SSSR count). The van der Waals surface area contributed by atoms with E-state index in [1.54, 1.807) is 7.11 Å². The highest BCUT2D eigenvalue weighted by Crippen LogP contribution is 2.35. The number of aliphatic hydroxyl groups excluding tert-OH is 1. The predicted molar refractivity (Wildman–Crippen MR) is 79.4 cm³/mol. The third-order valence-electron chi connectivity index (χ3n) is 4.02. The second-order valence-electron chi connectivity index (χ2n) is 6.10. The fourth-order valence-electron chi connectivity index (χ4n) is 2.62. The van der Waals surface area contributed by atoms with Crippen LogP contribution in [0.5, 0.6) is 0 Å². The van der Waals surface area contributed by atoms with E-state index in [0.29, 0.717) is 12.1 Å². The summed E-state index contributed by atoms with van der Waals surface area (Å²) in [5.41, 5.74) is 0. The van der Waals surface area contributed by atoms with Gasteiger partial charge in [0.25, 0.3) is 0 Å². The summed E-state index contributed by atoms with van der Waals surface area (Å²) in [6.45, 7) is 9.61. The molecule has 4 heteroatoms. The molecule has 2 N–H and O–H groups in total. The van der Waals surface area contributed by atoms with E-state index in [-0.39, 0.29) is 12.6 Å². The summed E-state index contributed by atoms with van der Waals surface area (Å²) >= 11 is 0. The van der Waals surface area contributed by atoms with Crippen molar-refractivity contribution >= 4 is 0 Å². The van der Waals surface area contributed by atoms with E-state index in [0.717, 1.165) is 32.0 Å². The van der Waals surface area contributed by atoms with Gasteiger partial charge in [0, 0.05) is 38.3 Å². The fraction of sp³-hybridized carbons (Fsp3) is 1.00. The van der Waals surface area contributed by atoms with Gasteiger partial charge in [-0.2, -0.15) is 0 Å². The van der Waals surface area contributed by atoms with Crippen LogP contribution in [-0.4, -0.2) is 61.5 Å². The van der Waals surface area contributed by atoms with Gasteiger partial charge in [-0.25, -0.2) is 0 Å². The first-order chi connectivity index (χ1) is 9.08. The summed E-state index contributed by atoms with van der Waals surface area (Å²) in [5, 5.41) is 12.8. The van der Waals surface area contributed by atoms with Crippen LogP contribution in [0.1, 0.15) is 40.0 Å². The first-order valence-electron chi connectivity index (χ1n) is 7.68. The lowest BCUT2D eigenvalue weighted by molar-refractivity contribution is 0.108. The molecule has 1 saturated carbocycles. The van der Waals surface area contributed by atoms with Gasteiger partial charge in [-0.3, -0.25) is 4.90 Å². The fourth-order valence-corrected chi connectivity index (χ4v) is 2.62. The number of nitrogens with zero attached hydrogens (tertiary/aromatic N) is 1. The second-order valence-corrected chi connectivity index (χ2v) is 6.10. The van der Waals surface area contributed by atoms with Crippen LogP contribution in [0.15, 0.2) is 0 Å². The lowest BCUT2D eigenvalue weighted by Gasteiger charge is -2.31. The van der Waals surface area contributed by atoms with Crippen LogP contribution in [0.3, 0.4) is 0 Å². The molecule has 1 fully saturated rings. The average Bonchev–Trinajstić information content (AvgIpc) is 3.20. The molecule has 0 heterocycles. The highest BCUT2D eigenvalue weighted by atomic mass is 16.5. The Hall–Kier alpha value is -0.160. The van der Waals surface area contributed by atoms with Gasteiger partial charge in [0.15, 0.2) is 0 Å². The van der Waals surface area contributed by atoms with Crippen LogP contribution in [-0.2, 0) is 4.74 Å². The predicted octanol–water partition coefficient (Wildman–Crippen LogP) is 1.48. The van der Waals surface area contributed by atoms with Crippen molar-refractivity contribution in [3.05, 3.63) is 0 Å². The monoisotopic (exact) mass is 272 g/mol. The first-order valence-corrected chi connectivity index (χ1v) is 7.68. The molecule has 0 spiro atoms. The maximum absolute atomic E-state index is 9.42. The van der Waals surface area contributed by atoms with E-state index < -0.39 is 0 Å². The molecule has 0 saturated heterocycles. The zero-order valence-electron chi connectivity index (χ0n) is 13.1. The van der Waals surface area contributed by atoms with Gasteiger partial charge in [0.2, 0.25) is 0 Å². The molecule has 0 aromatic rings. The van der Waals surface area contributed by atoms with Gasteiger partial charge < -0.3 is 15.2 Å². The van der Waals surface area contributed by atoms with Crippen molar-refractivity contribution < 1.29 is 9.84 Å². The molecule has 0 aromatic carbocycles. The highest BCUT2D eigenvalue weighted by Gasteiger charge is 2.31. The van der Waals surface area contributed by atoms with Gasteiger partial charge in [-0.1, -0.05) is 13.8 Å². The topological polar surface area (TPSA) is 44.7 Å². The Morgan fingerprint density at radius 1 is 1.26 bits per heavy atom. The standard InChI is InChI=1S/C15H32N2O2/c1-12(2)16-15(11-18)7-8-17(9-10-19-4)13(3)14-5-6-14/h12-16,18H,5-11H2,1-4H3. The highest BCUT2D eigenvalue weighted by molar-refractivity contribution is 4.86. The van der Waals surface area contributed by atoms with Crippen molar-refractivity contribution in [2.75, 3.05) is 33.4 Å². The molecule has 1 aliphatic rings. The summed E-state index contributed by atoms with van der Waals surface area (Å²) in [4.78, 5) is 2.52. The smallest absolute Gasteiger partial charge is 0.0589 e. The minimum Gasteiger partial charge on any atom is -0.395 e. The van der Waals surface area contributed by atoms with Crippen LogP contribution in [0.25, 0.3) is 0 Å². The van der Waals surface area contributed by atoms with Gasteiger partial charge >= 0.3 is 0 Å². The molecule has 0 radical (unpaired) electrons.